The van der Waals surface area contributed by atoms with Crippen molar-refractivity contribution in [2.45, 2.75) is 6.92 Å². The number of halogens is 1. The van der Waals surface area contributed by atoms with Gasteiger partial charge in [-0.25, -0.2) is 4.39 Å². The third-order valence-electron chi connectivity index (χ3n) is 2.79. The highest BCUT2D eigenvalue weighted by Gasteiger charge is 2.21. The molecular weight excluding hydrogens is 233 g/mol. The fourth-order valence-electron chi connectivity index (χ4n) is 1.89. The first-order valence-electron chi connectivity index (χ1n) is 5.53. The standard InChI is InChI=1S/C14H10FNO2/c1-8-2-5-11-13(6-8)18-12-7-9(15)3-4-10(12)14(17)16-11/h2-7H,1H3,(H,16,17). The highest BCUT2D eigenvalue weighted by atomic mass is 19.1. The maximum absolute atomic E-state index is 13.2. The molecule has 0 aromatic heterocycles. The summed E-state index contributed by atoms with van der Waals surface area (Å²) >= 11 is 0. The van der Waals surface area contributed by atoms with Crippen molar-refractivity contribution in [3.05, 3.63) is 53.3 Å². The number of carbonyl (C=O) groups excluding carboxylic acids is 1. The van der Waals surface area contributed by atoms with Crippen LogP contribution in [0.4, 0.5) is 10.1 Å². The number of nitrogens with one attached hydrogen (secondary N) is 1. The van der Waals surface area contributed by atoms with Crippen LogP contribution in [0.15, 0.2) is 36.4 Å². The van der Waals surface area contributed by atoms with E-state index < -0.39 is 5.82 Å². The van der Waals surface area contributed by atoms with Gasteiger partial charge in [-0.3, -0.25) is 4.79 Å². The molecule has 0 aliphatic carbocycles. The summed E-state index contributed by atoms with van der Waals surface area (Å²) in [4.78, 5) is 12.0. The van der Waals surface area contributed by atoms with E-state index in [1.807, 2.05) is 13.0 Å². The molecule has 0 saturated heterocycles. The highest BCUT2D eigenvalue weighted by molar-refractivity contribution is 6.07. The fraction of sp³-hybridized carbons (Fsp3) is 0.0714. The first-order chi connectivity index (χ1) is 8.63. The molecule has 0 atom stereocenters. The van der Waals surface area contributed by atoms with E-state index in [9.17, 15) is 9.18 Å². The van der Waals surface area contributed by atoms with Gasteiger partial charge < -0.3 is 10.1 Å². The van der Waals surface area contributed by atoms with Crippen LogP contribution in [0.1, 0.15) is 15.9 Å². The smallest absolute Gasteiger partial charge is 0.259 e. The van der Waals surface area contributed by atoms with E-state index in [4.69, 9.17) is 4.74 Å². The number of benzene rings is 2. The van der Waals surface area contributed by atoms with E-state index in [0.29, 0.717) is 17.0 Å². The van der Waals surface area contributed by atoms with Crippen LogP contribution in [0.5, 0.6) is 11.5 Å². The largest absolute Gasteiger partial charge is 0.454 e. The topological polar surface area (TPSA) is 38.3 Å². The maximum Gasteiger partial charge on any atom is 0.259 e. The molecule has 90 valence electrons. The molecule has 0 saturated carbocycles. The van der Waals surface area contributed by atoms with Crippen LogP contribution >= 0.6 is 0 Å². The van der Waals surface area contributed by atoms with E-state index in [2.05, 4.69) is 5.32 Å². The summed E-state index contributed by atoms with van der Waals surface area (Å²) in [5.41, 5.74) is 1.91. The lowest BCUT2D eigenvalue weighted by molar-refractivity contribution is 0.102. The number of aryl methyl sites for hydroxylation is 1. The van der Waals surface area contributed by atoms with Gasteiger partial charge in [0, 0.05) is 6.07 Å². The summed E-state index contributed by atoms with van der Waals surface area (Å²) in [5, 5.41) is 2.74. The summed E-state index contributed by atoms with van der Waals surface area (Å²) in [6.07, 6.45) is 0. The van der Waals surface area contributed by atoms with Gasteiger partial charge in [0.2, 0.25) is 0 Å². The molecule has 18 heavy (non-hydrogen) atoms. The zero-order valence-corrected chi connectivity index (χ0v) is 9.66. The molecule has 0 spiro atoms. The van der Waals surface area contributed by atoms with Gasteiger partial charge in [0.05, 0.1) is 11.3 Å². The number of fused-ring (bicyclic) bond motifs is 2. The molecule has 3 nitrogen and oxygen atoms in total. The van der Waals surface area contributed by atoms with Gasteiger partial charge in [0.15, 0.2) is 5.75 Å². The minimum absolute atomic E-state index is 0.233. The van der Waals surface area contributed by atoms with Gasteiger partial charge in [0.25, 0.3) is 5.91 Å². The first kappa shape index (κ1) is 10.8. The molecule has 1 heterocycles. The number of carbonyl (C=O) groups is 1. The number of hydrogen-bond donors (Lipinski definition) is 1. The number of rotatable bonds is 0. The molecule has 0 unspecified atom stereocenters. The van der Waals surface area contributed by atoms with Crippen molar-refractivity contribution >= 4 is 11.6 Å². The van der Waals surface area contributed by atoms with Gasteiger partial charge in [0.1, 0.15) is 11.6 Å². The second-order valence-electron chi connectivity index (χ2n) is 4.20. The van der Waals surface area contributed by atoms with Crippen LogP contribution in [-0.2, 0) is 0 Å². The van der Waals surface area contributed by atoms with Crippen LogP contribution in [-0.4, -0.2) is 5.91 Å². The predicted octanol–water partition coefficient (Wildman–Crippen LogP) is 3.49. The van der Waals surface area contributed by atoms with E-state index in [-0.39, 0.29) is 11.7 Å². The molecule has 1 amide bonds. The third kappa shape index (κ3) is 1.72. The highest BCUT2D eigenvalue weighted by Crippen LogP contribution is 2.36. The molecule has 3 rings (SSSR count). The minimum atomic E-state index is -0.433. The quantitative estimate of drug-likeness (QED) is 0.769. The Balaban J connectivity index is 2.18. The van der Waals surface area contributed by atoms with Crippen molar-refractivity contribution in [2.75, 3.05) is 5.32 Å². The molecule has 1 aliphatic rings. The lowest BCUT2D eigenvalue weighted by Gasteiger charge is -2.08. The Morgan fingerprint density at radius 3 is 2.78 bits per heavy atom. The van der Waals surface area contributed by atoms with Crippen molar-refractivity contribution in [3.63, 3.8) is 0 Å². The molecule has 0 fully saturated rings. The molecule has 0 bridgehead atoms. The van der Waals surface area contributed by atoms with Crippen molar-refractivity contribution in [1.29, 1.82) is 0 Å². The minimum Gasteiger partial charge on any atom is -0.454 e. The Bertz CT molecular complexity index is 652. The van der Waals surface area contributed by atoms with Gasteiger partial charge in [-0.05, 0) is 36.8 Å². The predicted molar refractivity (Wildman–Crippen MR) is 65.6 cm³/mol. The Labute approximate surface area is 103 Å². The number of ether oxygens (including phenoxy) is 1. The average Bonchev–Trinajstić information content (AvgIpc) is 2.44. The third-order valence-corrected chi connectivity index (χ3v) is 2.79. The van der Waals surface area contributed by atoms with Gasteiger partial charge in [-0.1, -0.05) is 6.07 Å². The molecule has 2 aromatic rings. The lowest BCUT2D eigenvalue weighted by atomic mass is 10.2. The summed E-state index contributed by atoms with van der Waals surface area (Å²) in [5.74, 6) is 0.0230. The Hall–Kier alpha value is -2.36. The van der Waals surface area contributed by atoms with Crippen molar-refractivity contribution in [1.82, 2.24) is 0 Å². The average molecular weight is 243 g/mol. The molecule has 0 radical (unpaired) electrons. The van der Waals surface area contributed by atoms with Crippen LogP contribution in [0.2, 0.25) is 0 Å². The first-order valence-corrected chi connectivity index (χ1v) is 5.53. The van der Waals surface area contributed by atoms with E-state index >= 15 is 0 Å². The van der Waals surface area contributed by atoms with Crippen LogP contribution in [0, 0.1) is 12.7 Å². The molecular formula is C14H10FNO2. The van der Waals surface area contributed by atoms with E-state index in [0.717, 1.165) is 5.56 Å². The number of amides is 1. The molecule has 2 aromatic carbocycles. The SMILES string of the molecule is Cc1ccc2c(c1)Oc1cc(F)ccc1C(=O)N2. The van der Waals surface area contributed by atoms with Crippen LogP contribution < -0.4 is 10.1 Å². The van der Waals surface area contributed by atoms with E-state index in [1.54, 1.807) is 12.1 Å². The van der Waals surface area contributed by atoms with E-state index in [1.165, 1.54) is 18.2 Å². The van der Waals surface area contributed by atoms with Crippen LogP contribution in [0.3, 0.4) is 0 Å². The zero-order valence-electron chi connectivity index (χ0n) is 9.66. The normalized spacial score (nSPS) is 12.9. The second kappa shape index (κ2) is 3.84. The second-order valence-corrected chi connectivity index (χ2v) is 4.20. The molecule has 1 aliphatic heterocycles. The Morgan fingerprint density at radius 2 is 1.94 bits per heavy atom. The molecule has 1 N–H and O–H groups in total. The summed E-state index contributed by atoms with van der Waals surface area (Å²) in [6.45, 7) is 1.92. The van der Waals surface area contributed by atoms with Crippen molar-refractivity contribution in [3.8, 4) is 11.5 Å². The number of hydrogen-bond acceptors (Lipinski definition) is 2. The summed E-state index contributed by atoms with van der Waals surface area (Å²) in [6, 6.07) is 9.31. The number of anilines is 1. The summed E-state index contributed by atoms with van der Waals surface area (Å²) in [7, 11) is 0. The Morgan fingerprint density at radius 1 is 1.11 bits per heavy atom. The lowest BCUT2D eigenvalue weighted by Crippen LogP contribution is -2.10. The van der Waals surface area contributed by atoms with Gasteiger partial charge in [-0.2, -0.15) is 0 Å². The van der Waals surface area contributed by atoms with Crippen molar-refractivity contribution < 1.29 is 13.9 Å². The van der Waals surface area contributed by atoms with Crippen molar-refractivity contribution in [2.24, 2.45) is 0 Å². The fourth-order valence-corrected chi connectivity index (χ4v) is 1.89. The Kier molecular flexibility index (Phi) is 2.30. The monoisotopic (exact) mass is 243 g/mol. The zero-order chi connectivity index (χ0) is 12.7. The maximum atomic E-state index is 13.2. The van der Waals surface area contributed by atoms with Gasteiger partial charge >= 0.3 is 0 Å². The van der Waals surface area contributed by atoms with Gasteiger partial charge in [-0.15, -0.1) is 0 Å². The molecule has 4 heteroatoms. The van der Waals surface area contributed by atoms with Crippen LogP contribution in [0.25, 0.3) is 0 Å². The summed E-state index contributed by atoms with van der Waals surface area (Å²) < 4.78 is 18.8.